The second-order valence-electron chi connectivity index (χ2n) is 8.21. The highest BCUT2D eigenvalue weighted by atomic mass is 16.5. The van der Waals surface area contributed by atoms with Gasteiger partial charge in [-0.1, -0.05) is 12.1 Å². The number of piperidine rings is 1. The number of ketones is 1. The molecule has 2 aliphatic heterocycles. The molecule has 0 bridgehead atoms. The van der Waals surface area contributed by atoms with Gasteiger partial charge in [0.05, 0.1) is 25.2 Å². The molecule has 0 unspecified atom stereocenters. The zero-order valence-corrected chi connectivity index (χ0v) is 17.6. The Morgan fingerprint density at radius 3 is 2.53 bits per heavy atom. The lowest BCUT2D eigenvalue weighted by molar-refractivity contribution is -0.00571. The van der Waals surface area contributed by atoms with Gasteiger partial charge in [-0.15, -0.1) is 0 Å². The summed E-state index contributed by atoms with van der Waals surface area (Å²) in [5, 5.41) is 0. The molecule has 1 amide bonds. The molecule has 158 valence electrons. The van der Waals surface area contributed by atoms with Crippen molar-refractivity contribution in [3.8, 4) is 17.2 Å². The van der Waals surface area contributed by atoms with Crippen LogP contribution >= 0.6 is 0 Å². The lowest BCUT2D eigenvalue weighted by Crippen LogP contribution is -2.52. The van der Waals surface area contributed by atoms with E-state index < -0.39 is 5.60 Å². The Hall–Kier alpha value is -3.02. The smallest absolute Gasteiger partial charge is 0.253 e. The van der Waals surface area contributed by atoms with Crippen molar-refractivity contribution in [1.82, 2.24) is 4.90 Å². The number of para-hydroxylation sites is 1. The molecule has 30 heavy (non-hydrogen) atoms. The molecule has 6 nitrogen and oxygen atoms in total. The van der Waals surface area contributed by atoms with Crippen LogP contribution in [0.3, 0.4) is 0 Å². The van der Waals surface area contributed by atoms with E-state index >= 15 is 0 Å². The minimum absolute atomic E-state index is 0.0158. The molecule has 2 aromatic rings. The summed E-state index contributed by atoms with van der Waals surface area (Å²) in [7, 11) is 1.57. The van der Waals surface area contributed by atoms with E-state index in [0.717, 1.165) is 0 Å². The van der Waals surface area contributed by atoms with Gasteiger partial charge in [0.2, 0.25) is 0 Å². The van der Waals surface area contributed by atoms with Crippen LogP contribution in [0.15, 0.2) is 42.5 Å². The molecule has 2 aliphatic rings. The van der Waals surface area contributed by atoms with Gasteiger partial charge in [0.1, 0.15) is 11.4 Å². The Morgan fingerprint density at radius 2 is 1.83 bits per heavy atom. The number of hydrogen-bond donors (Lipinski definition) is 0. The average Bonchev–Trinajstić information content (AvgIpc) is 2.74. The second-order valence-corrected chi connectivity index (χ2v) is 8.21. The van der Waals surface area contributed by atoms with Crippen LogP contribution in [0.2, 0.25) is 0 Å². The normalized spacial score (nSPS) is 17.5. The molecular weight excluding hydrogens is 382 g/mol. The van der Waals surface area contributed by atoms with Crippen molar-refractivity contribution >= 4 is 11.7 Å². The molecule has 2 aromatic carbocycles. The molecule has 1 fully saturated rings. The molecule has 0 aromatic heterocycles. The largest absolute Gasteiger partial charge is 0.493 e. The number of ether oxygens (including phenoxy) is 3. The van der Waals surface area contributed by atoms with Crippen molar-refractivity contribution in [2.45, 2.75) is 44.8 Å². The number of Topliss-reactive ketones (excluding diaryl/α,β-unsaturated/α-hetero) is 1. The first-order valence-electron chi connectivity index (χ1n) is 10.4. The summed E-state index contributed by atoms with van der Waals surface area (Å²) in [5.74, 6) is 1.87. The van der Waals surface area contributed by atoms with Gasteiger partial charge < -0.3 is 19.1 Å². The Kier molecular flexibility index (Phi) is 5.41. The average molecular weight is 409 g/mol. The van der Waals surface area contributed by atoms with Gasteiger partial charge in [-0.2, -0.15) is 0 Å². The van der Waals surface area contributed by atoms with Crippen LogP contribution in [-0.2, 0) is 0 Å². The fraction of sp³-hybridized carbons (Fsp3) is 0.417. The van der Waals surface area contributed by atoms with E-state index in [1.54, 1.807) is 25.3 Å². The van der Waals surface area contributed by atoms with Crippen molar-refractivity contribution in [2.75, 3.05) is 20.2 Å². The highest BCUT2D eigenvalue weighted by Gasteiger charge is 2.43. The van der Waals surface area contributed by atoms with Gasteiger partial charge in [0, 0.05) is 31.5 Å². The number of fused-ring (bicyclic) bond motifs is 1. The van der Waals surface area contributed by atoms with E-state index in [1.807, 2.05) is 43.0 Å². The van der Waals surface area contributed by atoms with Crippen molar-refractivity contribution in [3.63, 3.8) is 0 Å². The summed E-state index contributed by atoms with van der Waals surface area (Å²) in [4.78, 5) is 27.5. The predicted octanol–water partition coefficient (Wildman–Crippen LogP) is 4.12. The van der Waals surface area contributed by atoms with Crippen LogP contribution in [0.4, 0.5) is 0 Å². The summed E-state index contributed by atoms with van der Waals surface area (Å²) < 4.78 is 17.4. The number of amides is 1. The molecule has 0 aliphatic carbocycles. The fourth-order valence-corrected chi connectivity index (χ4v) is 4.17. The summed E-state index contributed by atoms with van der Waals surface area (Å²) in [6, 6.07) is 12.7. The highest BCUT2D eigenvalue weighted by Crippen LogP contribution is 2.39. The molecule has 0 saturated carbocycles. The molecular formula is C24H27NO5. The Balaban J connectivity index is 1.46. The standard InChI is InChI=1S/C24H27NO5/c1-16(2)29-21-9-8-17(14-22(21)28-3)23(27)25-12-10-24(11-13-25)15-19(26)18-6-4-5-7-20(18)30-24/h4-9,14,16H,10-13,15H2,1-3H3. The first-order valence-corrected chi connectivity index (χ1v) is 10.4. The van der Waals surface area contributed by atoms with E-state index in [1.165, 1.54) is 0 Å². The van der Waals surface area contributed by atoms with Crippen LogP contribution < -0.4 is 14.2 Å². The number of likely N-dealkylation sites (tertiary alicyclic amines) is 1. The van der Waals surface area contributed by atoms with Crippen molar-refractivity contribution in [2.24, 2.45) is 0 Å². The summed E-state index contributed by atoms with van der Waals surface area (Å²) >= 11 is 0. The molecule has 1 spiro atoms. The third kappa shape index (κ3) is 3.86. The zero-order valence-electron chi connectivity index (χ0n) is 17.6. The van der Waals surface area contributed by atoms with Gasteiger partial charge in [0.15, 0.2) is 17.3 Å². The van der Waals surface area contributed by atoms with Crippen LogP contribution in [0.25, 0.3) is 0 Å². The SMILES string of the molecule is COc1cc(C(=O)N2CCC3(CC2)CC(=O)c2ccccc2O3)ccc1OC(C)C. The minimum atomic E-state index is -0.519. The van der Waals surface area contributed by atoms with Crippen molar-refractivity contribution in [3.05, 3.63) is 53.6 Å². The summed E-state index contributed by atoms with van der Waals surface area (Å²) in [6.07, 6.45) is 1.64. The minimum Gasteiger partial charge on any atom is -0.493 e. The third-order valence-corrected chi connectivity index (χ3v) is 5.73. The maximum Gasteiger partial charge on any atom is 0.253 e. The molecule has 0 atom stereocenters. The first-order chi connectivity index (χ1) is 14.4. The number of methoxy groups -OCH3 is 1. The van der Waals surface area contributed by atoms with Crippen LogP contribution in [-0.4, -0.2) is 48.5 Å². The van der Waals surface area contributed by atoms with Gasteiger partial charge in [0.25, 0.3) is 5.91 Å². The summed E-state index contributed by atoms with van der Waals surface area (Å²) in [5.41, 5.74) is 0.692. The highest BCUT2D eigenvalue weighted by molar-refractivity contribution is 6.00. The van der Waals surface area contributed by atoms with Crippen LogP contribution in [0.1, 0.15) is 53.8 Å². The topological polar surface area (TPSA) is 65.1 Å². The molecule has 2 heterocycles. The number of benzene rings is 2. The molecule has 0 radical (unpaired) electrons. The molecule has 6 heteroatoms. The van der Waals surface area contributed by atoms with E-state index in [0.29, 0.717) is 60.7 Å². The van der Waals surface area contributed by atoms with Crippen molar-refractivity contribution in [1.29, 1.82) is 0 Å². The van der Waals surface area contributed by atoms with Crippen molar-refractivity contribution < 1.29 is 23.8 Å². The van der Waals surface area contributed by atoms with Gasteiger partial charge in [-0.25, -0.2) is 0 Å². The predicted molar refractivity (Wildman–Crippen MR) is 113 cm³/mol. The first kappa shape index (κ1) is 20.3. The maximum atomic E-state index is 13.1. The Labute approximate surface area is 176 Å². The van der Waals surface area contributed by atoms with E-state index in [2.05, 4.69) is 0 Å². The quantitative estimate of drug-likeness (QED) is 0.760. The van der Waals surface area contributed by atoms with Gasteiger partial charge >= 0.3 is 0 Å². The number of hydrogen-bond acceptors (Lipinski definition) is 5. The number of carbonyl (C=O) groups is 2. The lowest BCUT2D eigenvalue weighted by atomic mass is 9.82. The van der Waals surface area contributed by atoms with Crippen LogP contribution in [0.5, 0.6) is 17.2 Å². The number of nitrogens with zero attached hydrogens (tertiary/aromatic N) is 1. The third-order valence-electron chi connectivity index (χ3n) is 5.73. The van der Waals surface area contributed by atoms with E-state index in [9.17, 15) is 9.59 Å². The van der Waals surface area contributed by atoms with Gasteiger partial charge in [-0.3, -0.25) is 9.59 Å². The van der Waals surface area contributed by atoms with E-state index in [4.69, 9.17) is 14.2 Å². The molecule has 4 rings (SSSR count). The molecule has 1 saturated heterocycles. The fourth-order valence-electron chi connectivity index (χ4n) is 4.17. The molecule has 0 N–H and O–H groups in total. The zero-order chi connectivity index (χ0) is 21.3. The number of rotatable bonds is 4. The Morgan fingerprint density at radius 1 is 1.10 bits per heavy atom. The maximum absolute atomic E-state index is 13.1. The van der Waals surface area contributed by atoms with Crippen LogP contribution in [0, 0.1) is 0 Å². The van der Waals surface area contributed by atoms with Gasteiger partial charge in [-0.05, 0) is 44.2 Å². The Bertz CT molecular complexity index is 960. The number of carbonyl (C=O) groups excluding carboxylic acids is 2. The monoisotopic (exact) mass is 409 g/mol. The van der Waals surface area contributed by atoms with E-state index in [-0.39, 0.29) is 17.8 Å². The second kappa shape index (κ2) is 8.01. The lowest BCUT2D eigenvalue weighted by Gasteiger charge is -2.44. The summed E-state index contributed by atoms with van der Waals surface area (Å²) in [6.45, 7) is 4.97.